The summed E-state index contributed by atoms with van der Waals surface area (Å²) in [4.78, 5) is 16.6. The first-order valence-electron chi connectivity index (χ1n) is 10.7. The topological polar surface area (TPSA) is 165 Å². The first-order chi connectivity index (χ1) is 15.6. The van der Waals surface area contributed by atoms with Gasteiger partial charge in [-0.05, 0) is 38.3 Å². The highest BCUT2D eigenvalue weighted by atomic mass is 32.2. The molecule has 0 saturated heterocycles. The number of anilines is 1. The minimum Gasteiger partial charge on any atom is -0.486 e. The van der Waals surface area contributed by atoms with Gasteiger partial charge in [0.25, 0.3) is 0 Å². The van der Waals surface area contributed by atoms with E-state index in [4.69, 9.17) is 9.88 Å². The largest absolute Gasteiger partial charge is 0.486 e. The van der Waals surface area contributed by atoms with Crippen LogP contribution in [-0.2, 0) is 20.9 Å². The van der Waals surface area contributed by atoms with Crippen molar-refractivity contribution in [2.24, 2.45) is 11.1 Å². The maximum absolute atomic E-state index is 11.1. The van der Waals surface area contributed by atoms with Crippen LogP contribution in [0.25, 0.3) is 22.6 Å². The molecule has 1 fully saturated rings. The van der Waals surface area contributed by atoms with Crippen LogP contribution < -0.4 is 15.2 Å². The quantitative estimate of drug-likeness (QED) is 0.405. The number of aromatic amines is 1. The van der Waals surface area contributed by atoms with E-state index < -0.39 is 16.4 Å². The van der Waals surface area contributed by atoms with Gasteiger partial charge in [-0.1, -0.05) is 19.6 Å². The van der Waals surface area contributed by atoms with Crippen molar-refractivity contribution >= 4 is 27.3 Å². The van der Waals surface area contributed by atoms with E-state index in [2.05, 4.69) is 49.3 Å². The summed E-state index contributed by atoms with van der Waals surface area (Å²) in [7, 11) is -4.05. The van der Waals surface area contributed by atoms with Crippen LogP contribution in [0.4, 0.5) is 5.82 Å². The Balaban J connectivity index is 0.00000274. The maximum Gasteiger partial charge on any atom is 0.333 e. The lowest BCUT2D eigenvalue weighted by atomic mass is 10.0. The van der Waals surface area contributed by atoms with Crippen molar-refractivity contribution in [3.8, 4) is 17.1 Å². The molecule has 1 aliphatic carbocycles. The van der Waals surface area contributed by atoms with Gasteiger partial charge in [-0.25, -0.2) is 20.1 Å². The molecule has 0 spiro atoms. The number of aliphatic hydroxyl groups excluding tert-OH is 1. The zero-order valence-corrected chi connectivity index (χ0v) is 19.1. The van der Waals surface area contributed by atoms with Crippen molar-refractivity contribution in [1.82, 2.24) is 19.9 Å². The number of fused-ring (bicyclic) bond motifs is 2. The Labute approximate surface area is 198 Å². The third kappa shape index (κ3) is 4.85. The minimum absolute atomic E-state index is 0. The van der Waals surface area contributed by atoms with Gasteiger partial charge >= 0.3 is 10.3 Å². The number of rotatable bonds is 6. The van der Waals surface area contributed by atoms with Crippen LogP contribution in [0.15, 0.2) is 24.5 Å². The van der Waals surface area contributed by atoms with Gasteiger partial charge in [0.05, 0.1) is 18.3 Å². The fraction of sp³-hybridized carbons (Fsp3) is 0.500. The number of benzene rings is 1. The Morgan fingerprint density at radius 1 is 1.32 bits per heavy atom. The van der Waals surface area contributed by atoms with Crippen LogP contribution in [0, 0.1) is 5.92 Å². The highest BCUT2D eigenvalue weighted by Crippen LogP contribution is 2.42. The molecule has 2 aliphatic rings. The molecular weight excluding hydrogens is 460 g/mol. The van der Waals surface area contributed by atoms with Crippen LogP contribution in [0.1, 0.15) is 39.7 Å². The number of H-pyrrole nitrogens is 1. The maximum atomic E-state index is 11.1. The van der Waals surface area contributed by atoms with Crippen LogP contribution >= 0.6 is 0 Å². The molecule has 184 valence electrons. The lowest BCUT2D eigenvalue weighted by Crippen LogP contribution is -2.24. The molecule has 12 heteroatoms. The highest BCUT2D eigenvalue weighted by molar-refractivity contribution is 7.84. The van der Waals surface area contributed by atoms with Gasteiger partial charge in [-0.3, -0.25) is 4.18 Å². The molecule has 5 rings (SSSR count). The normalized spacial score (nSPS) is 23.4. The fourth-order valence-corrected chi connectivity index (χ4v) is 5.01. The zero-order valence-electron chi connectivity index (χ0n) is 18.3. The lowest BCUT2D eigenvalue weighted by molar-refractivity contribution is 0.101. The molecule has 5 N–H and O–H groups in total. The van der Waals surface area contributed by atoms with Crippen molar-refractivity contribution in [2.45, 2.75) is 58.3 Å². The Hall–Kier alpha value is -2.80. The Morgan fingerprint density at radius 3 is 2.88 bits per heavy atom. The molecule has 3 atom stereocenters. The first-order valence-corrected chi connectivity index (χ1v) is 12.2. The van der Waals surface area contributed by atoms with E-state index in [0.29, 0.717) is 35.6 Å². The molecule has 3 heterocycles. The summed E-state index contributed by atoms with van der Waals surface area (Å²) < 4.78 is 33.0. The number of imidazole rings is 1. The molecule has 0 radical (unpaired) electrons. The van der Waals surface area contributed by atoms with E-state index in [9.17, 15) is 13.5 Å². The predicted octanol–water partition coefficient (Wildman–Crippen LogP) is 2.14. The van der Waals surface area contributed by atoms with Crippen molar-refractivity contribution in [3.63, 3.8) is 0 Å². The van der Waals surface area contributed by atoms with Gasteiger partial charge < -0.3 is 20.1 Å². The first kappa shape index (κ1) is 24.3. The third-order valence-electron chi connectivity index (χ3n) is 6.08. The standard InChI is InChI=1S/C21H26N6O5S.CH4/c1-21(2)8-11-4-3-5-14(17(11)32-21)18-26-16-19(23-10-24-20(16)27-18)25-13-6-12(15(28)7-13)9-31-33(22,29)30;/h3-5,10,12-13,15,28H,6-9H2,1-2H3,(H2,22,29,30)(H2,23,24,25,26,27);1H4/t12-,13+,15-;/m0./s1. The number of nitrogens with two attached hydrogens (primary N) is 1. The molecule has 1 aromatic carbocycles. The molecule has 34 heavy (non-hydrogen) atoms. The van der Waals surface area contributed by atoms with E-state index in [-0.39, 0.29) is 31.6 Å². The number of hydrogen-bond acceptors (Lipinski definition) is 9. The second-order valence-corrected chi connectivity index (χ2v) is 10.5. The number of aromatic nitrogens is 4. The summed E-state index contributed by atoms with van der Waals surface area (Å²) in [5, 5.41) is 18.5. The molecule has 1 saturated carbocycles. The van der Waals surface area contributed by atoms with Crippen molar-refractivity contribution in [2.75, 3.05) is 11.9 Å². The average molecular weight is 491 g/mol. The summed E-state index contributed by atoms with van der Waals surface area (Å²) in [6, 6.07) is 5.87. The molecule has 3 aromatic rings. The van der Waals surface area contributed by atoms with Crippen molar-refractivity contribution < 1.29 is 22.4 Å². The second kappa shape index (κ2) is 8.77. The molecule has 0 amide bonds. The van der Waals surface area contributed by atoms with Gasteiger partial charge in [-0.2, -0.15) is 8.42 Å². The van der Waals surface area contributed by atoms with Gasteiger partial charge in [0.1, 0.15) is 29.0 Å². The van der Waals surface area contributed by atoms with Gasteiger partial charge in [0.2, 0.25) is 0 Å². The average Bonchev–Trinajstić information content (AvgIpc) is 3.39. The van der Waals surface area contributed by atoms with Gasteiger partial charge in [0, 0.05) is 18.4 Å². The summed E-state index contributed by atoms with van der Waals surface area (Å²) in [6.07, 6.45) is 2.45. The van der Waals surface area contributed by atoms with Crippen LogP contribution in [0.2, 0.25) is 0 Å². The van der Waals surface area contributed by atoms with Crippen LogP contribution in [0.5, 0.6) is 5.75 Å². The molecule has 0 bridgehead atoms. The summed E-state index contributed by atoms with van der Waals surface area (Å²) >= 11 is 0. The van der Waals surface area contributed by atoms with E-state index in [1.165, 1.54) is 6.33 Å². The number of aliphatic hydroxyl groups is 1. The summed E-state index contributed by atoms with van der Waals surface area (Å²) in [6.45, 7) is 3.95. The highest BCUT2D eigenvalue weighted by Gasteiger charge is 2.35. The van der Waals surface area contributed by atoms with E-state index in [1.54, 1.807) is 0 Å². The Kier molecular flexibility index (Phi) is 6.27. The Morgan fingerprint density at radius 2 is 2.12 bits per heavy atom. The van der Waals surface area contributed by atoms with Gasteiger partial charge in [0.15, 0.2) is 11.5 Å². The van der Waals surface area contributed by atoms with Crippen LogP contribution in [-0.4, -0.2) is 57.8 Å². The smallest absolute Gasteiger partial charge is 0.333 e. The van der Waals surface area contributed by atoms with E-state index in [1.807, 2.05) is 12.1 Å². The molecule has 11 nitrogen and oxygen atoms in total. The molecule has 1 aliphatic heterocycles. The number of para-hydroxylation sites is 1. The van der Waals surface area contributed by atoms with Crippen molar-refractivity contribution in [1.29, 1.82) is 0 Å². The molecule has 2 aromatic heterocycles. The van der Waals surface area contributed by atoms with E-state index in [0.717, 1.165) is 23.3 Å². The zero-order chi connectivity index (χ0) is 23.4. The van der Waals surface area contributed by atoms with Crippen LogP contribution in [0.3, 0.4) is 0 Å². The second-order valence-electron chi connectivity index (χ2n) is 9.26. The SMILES string of the molecule is C.CC1(C)Cc2cccc(-c3nc4ncnc(N[C@@H]5C[C@@H](COS(N)(=O)=O)[C@@H](O)C5)c4[nH]3)c2O1. The van der Waals surface area contributed by atoms with E-state index >= 15 is 0 Å². The molecular formula is C22H30N6O5S. The number of ether oxygens (including phenoxy) is 1. The predicted molar refractivity (Wildman–Crippen MR) is 127 cm³/mol. The lowest BCUT2D eigenvalue weighted by Gasteiger charge is -2.17. The number of nitrogens with one attached hydrogen (secondary N) is 2. The molecule has 0 unspecified atom stereocenters. The fourth-order valence-electron chi connectivity index (χ4n) is 4.64. The number of nitrogens with zero attached hydrogens (tertiary/aromatic N) is 3. The number of hydrogen-bond donors (Lipinski definition) is 4. The van der Waals surface area contributed by atoms with Gasteiger partial charge in [-0.15, -0.1) is 0 Å². The van der Waals surface area contributed by atoms with Crippen molar-refractivity contribution in [3.05, 3.63) is 30.1 Å². The summed E-state index contributed by atoms with van der Waals surface area (Å²) in [5.74, 6) is 1.65. The Bertz CT molecular complexity index is 1310. The monoisotopic (exact) mass is 490 g/mol. The summed E-state index contributed by atoms with van der Waals surface area (Å²) in [5.41, 5.74) is 2.86. The minimum atomic E-state index is -4.05. The third-order valence-corrected chi connectivity index (χ3v) is 6.54.